The zero-order valence-corrected chi connectivity index (χ0v) is 11.9. The summed E-state index contributed by atoms with van der Waals surface area (Å²) in [6, 6.07) is 8.74. The van der Waals surface area contributed by atoms with Gasteiger partial charge in [0.2, 0.25) is 0 Å². The molecule has 1 aromatic carbocycles. The molecule has 0 aliphatic carbocycles. The van der Waals surface area contributed by atoms with E-state index < -0.39 is 0 Å². The van der Waals surface area contributed by atoms with Crippen LogP contribution in [0.15, 0.2) is 52.2 Å². The molecule has 0 radical (unpaired) electrons. The number of rotatable bonds is 3. The van der Waals surface area contributed by atoms with Crippen LogP contribution in [-0.2, 0) is 0 Å². The van der Waals surface area contributed by atoms with Crippen LogP contribution in [0.25, 0.3) is 0 Å². The first-order chi connectivity index (χ1) is 9.58. The van der Waals surface area contributed by atoms with E-state index >= 15 is 0 Å². The SMILES string of the molecule is CN(C)C(=O)Sc1ccccc1NC(=O)c1ccoc1. The number of carbonyl (C=O) groups is 2. The van der Waals surface area contributed by atoms with Crippen LogP contribution in [0, 0.1) is 0 Å². The molecule has 1 aromatic heterocycles. The van der Waals surface area contributed by atoms with Crippen molar-refractivity contribution >= 4 is 28.6 Å². The van der Waals surface area contributed by atoms with Crippen molar-refractivity contribution in [2.75, 3.05) is 19.4 Å². The molecule has 0 spiro atoms. The number of amides is 2. The van der Waals surface area contributed by atoms with Crippen molar-refractivity contribution in [2.45, 2.75) is 4.90 Å². The van der Waals surface area contributed by atoms with Gasteiger partial charge in [-0.15, -0.1) is 0 Å². The number of nitrogens with zero attached hydrogens (tertiary/aromatic N) is 1. The second kappa shape index (κ2) is 6.29. The molecule has 0 saturated heterocycles. The van der Waals surface area contributed by atoms with E-state index in [2.05, 4.69) is 5.32 Å². The van der Waals surface area contributed by atoms with Crippen molar-refractivity contribution in [1.82, 2.24) is 4.90 Å². The zero-order chi connectivity index (χ0) is 14.5. The van der Waals surface area contributed by atoms with E-state index in [4.69, 9.17) is 4.42 Å². The van der Waals surface area contributed by atoms with Crippen LogP contribution in [0.1, 0.15) is 10.4 Å². The normalized spacial score (nSPS) is 10.1. The van der Waals surface area contributed by atoms with Gasteiger partial charge in [0.05, 0.1) is 17.5 Å². The highest BCUT2D eigenvalue weighted by molar-refractivity contribution is 8.13. The van der Waals surface area contributed by atoms with Crippen LogP contribution in [0.2, 0.25) is 0 Å². The van der Waals surface area contributed by atoms with Gasteiger partial charge in [-0.1, -0.05) is 12.1 Å². The number of furan rings is 1. The van der Waals surface area contributed by atoms with Gasteiger partial charge in [0.25, 0.3) is 11.1 Å². The third-order valence-electron chi connectivity index (χ3n) is 2.48. The molecule has 0 aliphatic heterocycles. The molecule has 0 unspecified atom stereocenters. The Morgan fingerprint density at radius 3 is 2.60 bits per heavy atom. The van der Waals surface area contributed by atoms with Crippen molar-refractivity contribution in [3.8, 4) is 0 Å². The molecule has 0 atom stereocenters. The highest BCUT2D eigenvalue weighted by atomic mass is 32.2. The first kappa shape index (κ1) is 14.2. The molecular weight excluding hydrogens is 276 g/mol. The molecule has 2 amide bonds. The Morgan fingerprint density at radius 2 is 1.95 bits per heavy atom. The molecule has 0 saturated carbocycles. The summed E-state index contributed by atoms with van der Waals surface area (Å²) in [7, 11) is 3.37. The molecule has 6 heteroatoms. The maximum absolute atomic E-state index is 12.0. The Kier molecular flexibility index (Phi) is 4.47. The van der Waals surface area contributed by atoms with Crippen LogP contribution in [0.5, 0.6) is 0 Å². The molecular formula is C14H14N2O3S. The van der Waals surface area contributed by atoms with Crippen LogP contribution in [-0.4, -0.2) is 30.1 Å². The second-order valence-electron chi connectivity index (χ2n) is 4.22. The van der Waals surface area contributed by atoms with Crippen molar-refractivity contribution in [3.63, 3.8) is 0 Å². The molecule has 104 valence electrons. The van der Waals surface area contributed by atoms with Crippen LogP contribution < -0.4 is 5.32 Å². The molecule has 20 heavy (non-hydrogen) atoms. The maximum Gasteiger partial charge on any atom is 0.286 e. The van der Waals surface area contributed by atoms with Crippen molar-refractivity contribution in [1.29, 1.82) is 0 Å². The molecule has 1 heterocycles. The quantitative estimate of drug-likeness (QED) is 0.881. The van der Waals surface area contributed by atoms with Gasteiger partial charge in [-0.2, -0.15) is 0 Å². The lowest BCUT2D eigenvalue weighted by atomic mass is 10.3. The average molecular weight is 290 g/mol. The largest absolute Gasteiger partial charge is 0.472 e. The smallest absolute Gasteiger partial charge is 0.286 e. The fourth-order valence-corrected chi connectivity index (χ4v) is 2.18. The number of hydrogen-bond acceptors (Lipinski definition) is 4. The maximum atomic E-state index is 12.0. The van der Waals surface area contributed by atoms with Gasteiger partial charge in [-0.05, 0) is 30.0 Å². The number of thioether (sulfide) groups is 1. The Bertz CT molecular complexity index is 609. The predicted octanol–water partition coefficient (Wildman–Crippen LogP) is 3.31. The predicted molar refractivity (Wildman–Crippen MR) is 78.0 cm³/mol. The Morgan fingerprint density at radius 1 is 1.20 bits per heavy atom. The third kappa shape index (κ3) is 3.42. The van der Waals surface area contributed by atoms with Crippen LogP contribution >= 0.6 is 11.8 Å². The van der Waals surface area contributed by atoms with Gasteiger partial charge in [-0.3, -0.25) is 9.59 Å². The van der Waals surface area contributed by atoms with Gasteiger partial charge < -0.3 is 14.6 Å². The highest BCUT2D eigenvalue weighted by Crippen LogP contribution is 2.28. The summed E-state index contributed by atoms with van der Waals surface area (Å²) in [6.45, 7) is 0. The fourth-order valence-electron chi connectivity index (χ4n) is 1.43. The van der Waals surface area contributed by atoms with Gasteiger partial charge in [0.1, 0.15) is 6.26 Å². The number of anilines is 1. The van der Waals surface area contributed by atoms with E-state index in [0.717, 1.165) is 11.8 Å². The number of para-hydroxylation sites is 1. The average Bonchev–Trinajstić information content (AvgIpc) is 2.94. The number of nitrogens with one attached hydrogen (secondary N) is 1. The fraction of sp³-hybridized carbons (Fsp3) is 0.143. The molecule has 2 rings (SSSR count). The summed E-state index contributed by atoms with van der Waals surface area (Å²) in [5, 5.41) is 2.66. The van der Waals surface area contributed by atoms with E-state index in [9.17, 15) is 9.59 Å². The Hall–Kier alpha value is -2.21. The van der Waals surface area contributed by atoms with Gasteiger partial charge >= 0.3 is 0 Å². The summed E-state index contributed by atoms with van der Waals surface area (Å²) in [4.78, 5) is 25.9. The summed E-state index contributed by atoms with van der Waals surface area (Å²) in [6.07, 6.45) is 2.81. The molecule has 0 fully saturated rings. The van der Waals surface area contributed by atoms with E-state index in [-0.39, 0.29) is 11.1 Å². The van der Waals surface area contributed by atoms with Crippen LogP contribution in [0.3, 0.4) is 0 Å². The van der Waals surface area contributed by atoms with Gasteiger partial charge in [0.15, 0.2) is 0 Å². The lowest BCUT2D eigenvalue weighted by Gasteiger charge is -2.12. The summed E-state index contributed by atoms with van der Waals surface area (Å²) in [5.74, 6) is -0.274. The molecule has 0 bridgehead atoms. The van der Waals surface area contributed by atoms with Crippen molar-refractivity contribution < 1.29 is 14.0 Å². The van der Waals surface area contributed by atoms with Gasteiger partial charge in [0, 0.05) is 19.0 Å². The first-order valence-electron chi connectivity index (χ1n) is 5.89. The molecule has 1 N–H and O–H groups in total. The van der Waals surface area contributed by atoms with E-state index in [1.807, 2.05) is 6.07 Å². The lowest BCUT2D eigenvalue weighted by molar-refractivity contribution is 0.102. The monoisotopic (exact) mass is 290 g/mol. The minimum absolute atomic E-state index is 0.102. The van der Waals surface area contributed by atoms with Gasteiger partial charge in [-0.25, -0.2) is 0 Å². The van der Waals surface area contributed by atoms with E-state index in [1.165, 1.54) is 17.4 Å². The van der Waals surface area contributed by atoms with Crippen LogP contribution in [0.4, 0.5) is 10.5 Å². The second-order valence-corrected chi connectivity index (χ2v) is 5.22. The van der Waals surface area contributed by atoms with E-state index in [1.54, 1.807) is 38.4 Å². The molecule has 5 nitrogen and oxygen atoms in total. The molecule has 2 aromatic rings. The molecule has 0 aliphatic rings. The lowest BCUT2D eigenvalue weighted by Crippen LogP contribution is -2.17. The Balaban J connectivity index is 2.16. The Labute approximate surface area is 120 Å². The summed E-state index contributed by atoms with van der Waals surface area (Å²) >= 11 is 1.07. The highest BCUT2D eigenvalue weighted by Gasteiger charge is 2.13. The standard InChI is InChI=1S/C14H14N2O3S/c1-16(2)14(18)20-12-6-4-3-5-11(12)15-13(17)10-7-8-19-9-10/h3-9H,1-2H3,(H,15,17). The topological polar surface area (TPSA) is 62.6 Å². The zero-order valence-electron chi connectivity index (χ0n) is 11.1. The minimum Gasteiger partial charge on any atom is -0.472 e. The van der Waals surface area contributed by atoms with Crippen molar-refractivity contribution in [3.05, 3.63) is 48.4 Å². The number of hydrogen-bond donors (Lipinski definition) is 1. The third-order valence-corrected chi connectivity index (χ3v) is 3.60. The van der Waals surface area contributed by atoms with Crippen molar-refractivity contribution in [2.24, 2.45) is 0 Å². The minimum atomic E-state index is -0.274. The van der Waals surface area contributed by atoms with E-state index in [0.29, 0.717) is 16.1 Å². The number of carbonyl (C=O) groups excluding carboxylic acids is 2. The number of benzene rings is 1. The summed E-state index contributed by atoms with van der Waals surface area (Å²) < 4.78 is 4.87. The summed E-state index contributed by atoms with van der Waals surface area (Å²) in [5.41, 5.74) is 1.03. The first-order valence-corrected chi connectivity index (χ1v) is 6.71.